The average molecular weight is 183 g/mol. The summed E-state index contributed by atoms with van der Waals surface area (Å²) in [5, 5.41) is 6.39. The fourth-order valence-electron chi connectivity index (χ4n) is 0.491. The molecule has 0 fully saturated rings. The lowest BCUT2D eigenvalue weighted by molar-refractivity contribution is 0.720. The molecule has 0 amide bonds. The van der Waals surface area contributed by atoms with Crippen molar-refractivity contribution in [1.29, 1.82) is 0 Å². The van der Waals surface area contributed by atoms with Crippen molar-refractivity contribution < 1.29 is 0 Å². The number of halogens is 1. The number of hydrogen-bond acceptors (Lipinski definition) is 2. The van der Waals surface area contributed by atoms with E-state index >= 15 is 0 Å². The minimum atomic E-state index is -0.687. The molecule has 2 nitrogen and oxygen atoms in total. The van der Waals surface area contributed by atoms with Crippen molar-refractivity contribution in [3.8, 4) is 0 Å². The summed E-state index contributed by atoms with van der Waals surface area (Å²) < 4.78 is 0. The van der Waals surface area contributed by atoms with E-state index in [0.717, 1.165) is 0 Å². The largest absolute Gasteiger partial charge is 0.269 e. The molecule has 62 valence electrons. The van der Waals surface area contributed by atoms with Gasteiger partial charge in [-0.3, -0.25) is 10.2 Å². The lowest BCUT2D eigenvalue weighted by Crippen LogP contribution is -2.25. The Labute approximate surface area is 69.4 Å². The highest BCUT2D eigenvalue weighted by Gasteiger charge is 2.05. The van der Waals surface area contributed by atoms with Crippen molar-refractivity contribution in [2.75, 3.05) is 0 Å². The van der Waals surface area contributed by atoms with Gasteiger partial charge in [-0.25, -0.2) is 0 Å². The summed E-state index contributed by atoms with van der Waals surface area (Å²) in [6.07, 6.45) is 0. The Balaban J connectivity index is 3.34. The van der Waals surface area contributed by atoms with Crippen LogP contribution in [0.3, 0.4) is 0 Å². The van der Waals surface area contributed by atoms with E-state index in [9.17, 15) is 0 Å². The summed E-state index contributed by atoms with van der Waals surface area (Å²) in [5.74, 6) is 0. The predicted molar refractivity (Wildman–Crippen MR) is 49.3 cm³/mol. The van der Waals surface area contributed by atoms with Gasteiger partial charge in [-0.05, 0) is 27.7 Å². The van der Waals surface area contributed by atoms with E-state index in [4.69, 9.17) is 11.2 Å². The fourth-order valence-corrected chi connectivity index (χ4v) is 2.64. The molecule has 0 heterocycles. The minimum Gasteiger partial charge on any atom is -0.269 e. The van der Waals surface area contributed by atoms with Crippen LogP contribution in [0.25, 0.3) is 0 Å². The van der Waals surface area contributed by atoms with Gasteiger partial charge < -0.3 is 0 Å². The maximum absolute atomic E-state index is 5.91. The van der Waals surface area contributed by atoms with Crippen LogP contribution in [-0.4, -0.2) is 12.1 Å². The van der Waals surface area contributed by atoms with Crippen LogP contribution in [0.2, 0.25) is 0 Å². The predicted octanol–water partition coefficient (Wildman–Crippen LogP) is 2.45. The van der Waals surface area contributed by atoms with Gasteiger partial charge in [-0.15, -0.1) is 0 Å². The maximum Gasteiger partial charge on any atom is 0.135 e. The summed E-state index contributed by atoms with van der Waals surface area (Å²) >= 11 is 5.91. The van der Waals surface area contributed by atoms with Crippen molar-refractivity contribution in [3.05, 3.63) is 0 Å². The van der Waals surface area contributed by atoms with E-state index < -0.39 is 7.58 Å². The molecule has 0 unspecified atom stereocenters. The monoisotopic (exact) mass is 182 g/mol. The zero-order chi connectivity index (χ0) is 8.15. The van der Waals surface area contributed by atoms with Gasteiger partial charge in [-0.1, -0.05) is 11.2 Å². The summed E-state index contributed by atoms with van der Waals surface area (Å²) in [6, 6.07) is 0.907. The normalized spacial score (nSPS) is 12.0. The van der Waals surface area contributed by atoms with Crippen LogP contribution in [0.15, 0.2) is 0 Å². The number of rotatable bonds is 4. The first-order chi connectivity index (χ1) is 4.52. The van der Waals surface area contributed by atoms with Gasteiger partial charge in [0.1, 0.15) is 7.58 Å². The summed E-state index contributed by atoms with van der Waals surface area (Å²) in [4.78, 5) is 0. The molecule has 0 aromatic rings. The maximum atomic E-state index is 5.91. The van der Waals surface area contributed by atoms with E-state index in [1.54, 1.807) is 0 Å². The second-order valence-electron chi connectivity index (χ2n) is 2.85. The standard InChI is InChI=1S/C6H16ClN2P/c1-5(2)8-10(7)9-6(3)4/h5-6,8-9H,1-4H3. The molecule has 0 aromatic carbocycles. The molecule has 0 aliphatic rings. The summed E-state index contributed by atoms with van der Waals surface area (Å²) in [7, 11) is -0.687. The Bertz CT molecular complexity index is 77.8. The highest BCUT2D eigenvalue weighted by atomic mass is 35.7. The van der Waals surface area contributed by atoms with Crippen LogP contribution in [0.4, 0.5) is 0 Å². The Kier molecular flexibility index (Phi) is 5.65. The minimum absolute atomic E-state index is 0.454. The van der Waals surface area contributed by atoms with Crippen LogP contribution in [0.5, 0.6) is 0 Å². The van der Waals surface area contributed by atoms with Gasteiger partial charge in [0.2, 0.25) is 0 Å². The lowest BCUT2D eigenvalue weighted by atomic mass is 10.4. The third kappa shape index (κ3) is 6.76. The van der Waals surface area contributed by atoms with Gasteiger partial charge in [0.15, 0.2) is 0 Å². The van der Waals surface area contributed by atoms with Crippen LogP contribution in [0.1, 0.15) is 27.7 Å². The van der Waals surface area contributed by atoms with Crippen LogP contribution in [0, 0.1) is 0 Å². The topological polar surface area (TPSA) is 24.1 Å². The summed E-state index contributed by atoms with van der Waals surface area (Å²) in [6.45, 7) is 8.33. The zero-order valence-electron chi connectivity index (χ0n) is 6.98. The zero-order valence-corrected chi connectivity index (χ0v) is 8.63. The van der Waals surface area contributed by atoms with Crippen molar-refractivity contribution in [1.82, 2.24) is 10.2 Å². The second kappa shape index (κ2) is 5.31. The highest BCUT2D eigenvalue weighted by Crippen LogP contribution is 2.32. The SMILES string of the molecule is CC(C)NP(Cl)NC(C)C. The molecule has 0 saturated carbocycles. The molecule has 0 bridgehead atoms. The molecule has 0 saturated heterocycles. The van der Waals surface area contributed by atoms with Gasteiger partial charge in [0.25, 0.3) is 0 Å². The molecule has 0 atom stereocenters. The smallest absolute Gasteiger partial charge is 0.135 e. The van der Waals surface area contributed by atoms with E-state index in [1.807, 2.05) is 0 Å². The molecule has 0 radical (unpaired) electrons. The van der Waals surface area contributed by atoms with E-state index in [1.165, 1.54) is 0 Å². The van der Waals surface area contributed by atoms with Crippen molar-refractivity contribution in [3.63, 3.8) is 0 Å². The lowest BCUT2D eigenvalue weighted by Gasteiger charge is -2.17. The van der Waals surface area contributed by atoms with Gasteiger partial charge in [0, 0.05) is 12.1 Å². The van der Waals surface area contributed by atoms with Crippen molar-refractivity contribution in [2.45, 2.75) is 39.8 Å². The van der Waals surface area contributed by atoms with Crippen LogP contribution >= 0.6 is 18.8 Å². The van der Waals surface area contributed by atoms with E-state index in [2.05, 4.69) is 37.9 Å². The first-order valence-electron chi connectivity index (χ1n) is 3.50. The third-order valence-electron chi connectivity index (χ3n) is 0.743. The molecule has 0 aliphatic carbocycles. The average Bonchev–Trinajstić information content (AvgIpc) is 1.58. The Morgan fingerprint density at radius 3 is 1.50 bits per heavy atom. The fraction of sp³-hybridized carbons (Fsp3) is 1.00. The Morgan fingerprint density at radius 2 is 1.30 bits per heavy atom. The van der Waals surface area contributed by atoms with Crippen LogP contribution in [-0.2, 0) is 0 Å². The Hall–Kier alpha value is 0.640. The van der Waals surface area contributed by atoms with E-state index in [-0.39, 0.29) is 0 Å². The van der Waals surface area contributed by atoms with Gasteiger partial charge >= 0.3 is 0 Å². The molecule has 10 heavy (non-hydrogen) atoms. The van der Waals surface area contributed by atoms with Crippen LogP contribution < -0.4 is 10.2 Å². The van der Waals surface area contributed by atoms with Crippen molar-refractivity contribution in [2.24, 2.45) is 0 Å². The number of nitrogens with one attached hydrogen (secondary N) is 2. The second-order valence-corrected chi connectivity index (χ2v) is 4.94. The summed E-state index contributed by atoms with van der Waals surface area (Å²) in [5.41, 5.74) is 0. The number of hydrogen-bond donors (Lipinski definition) is 2. The van der Waals surface area contributed by atoms with Gasteiger partial charge in [0.05, 0.1) is 0 Å². The van der Waals surface area contributed by atoms with Crippen molar-refractivity contribution >= 4 is 18.8 Å². The molecular weight excluding hydrogens is 167 g/mol. The Morgan fingerprint density at radius 1 is 1.00 bits per heavy atom. The first kappa shape index (κ1) is 10.6. The molecular formula is C6H16ClN2P. The quantitative estimate of drug-likeness (QED) is 0.653. The molecule has 4 heteroatoms. The molecule has 0 rings (SSSR count). The third-order valence-corrected chi connectivity index (χ3v) is 2.81. The highest BCUT2D eigenvalue weighted by molar-refractivity contribution is 7.80. The molecule has 0 aliphatic heterocycles. The molecule has 0 aromatic heterocycles. The molecule has 2 N–H and O–H groups in total. The first-order valence-corrected chi connectivity index (χ1v) is 5.75. The molecule has 0 spiro atoms. The van der Waals surface area contributed by atoms with E-state index in [0.29, 0.717) is 12.1 Å². The van der Waals surface area contributed by atoms with Gasteiger partial charge in [-0.2, -0.15) is 0 Å².